The van der Waals surface area contributed by atoms with Crippen LogP contribution < -0.4 is 5.32 Å². The summed E-state index contributed by atoms with van der Waals surface area (Å²) in [4.78, 5) is 25.7. The van der Waals surface area contributed by atoms with Gasteiger partial charge in [-0.2, -0.15) is 0 Å². The molecule has 4 nitrogen and oxygen atoms in total. The molecular weight excluding hydrogens is 418 g/mol. The van der Waals surface area contributed by atoms with Crippen molar-refractivity contribution < 1.29 is 14.3 Å². The van der Waals surface area contributed by atoms with Gasteiger partial charge in [-0.1, -0.05) is 54.6 Å². The molecule has 0 saturated carbocycles. The molecule has 0 aliphatic heterocycles. The minimum absolute atomic E-state index is 0.364. The van der Waals surface area contributed by atoms with Crippen molar-refractivity contribution >= 4 is 33.5 Å². The molecule has 0 bridgehead atoms. The van der Waals surface area contributed by atoms with Crippen LogP contribution in [0.3, 0.4) is 0 Å². The predicted octanol–water partition coefficient (Wildman–Crippen LogP) is 5.60. The zero-order valence-corrected chi connectivity index (χ0v) is 17.2. The summed E-state index contributed by atoms with van der Waals surface area (Å²) in [6, 6.07) is 21.8. The van der Waals surface area contributed by atoms with Gasteiger partial charge in [0.05, 0.1) is 5.56 Å². The number of aryl methyl sites for hydroxylation is 2. The number of amides is 1. The first-order chi connectivity index (χ1) is 13.5. The molecule has 5 heteroatoms. The largest absolute Gasteiger partial charge is 0.444 e. The van der Waals surface area contributed by atoms with E-state index >= 15 is 0 Å². The van der Waals surface area contributed by atoms with Gasteiger partial charge in [0.1, 0.15) is 0 Å². The monoisotopic (exact) mass is 437 g/mol. The van der Waals surface area contributed by atoms with Crippen molar-refractivity contribution in [1.29, 1.82) is 0 Å². The molecule has 0 aromatic heterocycles. The van der Waals surface area contributed by atoms with Gasteiger partial charge in [-0.05, 0) is 59.1 Å². The summed E-state index contributed by atoms with van der Waals surface area (Å²) >= 11 is 3.35. The lowest BCUT2D eigenvalue weighted by molar-refractivity contribution is -0.125. The lowest BCUT2D eigenvalue weighted by atomic mass is 10.1. The highest BCUT2D eigenvalue weighted by molar-refractivity contribution is 9.10. The Labute approximate surface area is 172 Å². The second-order valence-corrected chi connectivity index (χ2v) is 7.34. The predicted molar refractivity (Wildman–Crippen MR) is 113 cm³/mol. The molecule has 3 aromatic carbocycles. The van der Waals surface area contributed by atoms with Gasteiger partial charge in [-0.15, -0.1) is 0 Å². The third kappa shape index (κ3) is 4.67. The molecule has 1 amide bonds. The van der Waals surface area contributed by atoms with Crippen LogP contribution in [0.25, 0.3) is 0 Å². The zero-order chi connectivity index (χ0) is 20.1. The molecule has 0 saturated heterocycles. The third-order valence-electron chi connectivity index (χ3n) is 4.31. The summed E-state index contributed by atoms with van der Waals surface area (Å²) in [5.41, 5.74) is 3.63. The summed E-state index contributed by atoms with van der Waals surface area (Å²) in [7, 11) is 0. The molecule has 0 unspecified atom stereocenters. The maximum atomic E-state index is 13.0. The summed E-state index contributed by atoms with van der Waals surface area (Å²) in [6.07, 6.45) is -1.07. The number of halogens is 1. The Morgan fingerprint density at radius 3 is 2.32 bits per heavy atom. The van der Waals surface area contributed by atoms with E-state index in [1.165, 1.54) is 0 Å². The van der Waals surface area contributed by atoms with E-state index in [2.05, 4.69) is 21.2 Å². The van der Waals surface area contributed by atoms with Crippen molar-refractivity contribution in [3.05, 3.63) is 99.5 Å². The first kappa shape index (κ1) is 19.8. The summed E-state index contributed by atoms with van der Waals surface area (Å²) < 4.78 is 6.24. The van der Waals surface area contributed by atoms with E-state index in [9.17, 15) is 9.59 Å². The van der Waals surface area contributed by atoms with Crippen LogP contribution in [0.15, 0.2) is 77.3 Å². The molecule has 0 aliphatic carbocycles. The lowest BCUT2D eigenvalue weighted by Gasteiger charge is -2.19. The quantitative estimate of drug-likeness (QED) is 0.528. The Morgan fingerprint density at radius 1 is 0.929 bits per heavy atom. The Morgan fingerprint density at radius 2 is 1.61 bits per heavy atom. The summed E-state index contributed by atoms with van der Waals surface area (Å²) in [6.45, 7) is 3.87. The second kappa shape index (κ2) is 8.85. The number of rotatable bonds is 5. The molecule has 1 atom stereocenters. The van der Waals surface area contributed by atoms with Crippen molar-refractivity contribution in [3.63, 3.8) is 0 Å². The molecule has 0 radical (unpaired) electrons. The number of ether oxygens (including phenoxy) is 1. The maximum Gasteiger partial charge on any atom is 0.340 e. The van der Waals surface area contributed by atoms with Gasteiger partial charge in [0.25, 0.3) is 5.91 Å². The van der Waals surface area contributed by atoms with Crippen LogP contribution in [-0.2, 0) is 9.53 Å². The molecule has 0 spiro atoms. The number of hydrogen-bond donors (Lipinski definition) is 1. The van der Waals surface area contributed by atoms with E-state index in [4.69, 9.17) is 4.74 Å². The summed E-state index contributed by atoms with van der Waals surface area (Å²) in [5.74, 6) is -0.974. The highest BCUT2D eigenvalue weighted by Gasteiger charge is 2.26. The van der Waals surface area contributed by atoms with E-state index in [1.54, 1.807) is 42.5 Å². The fourth-order valence-electron chi connectivity index (χ4n) is 2.77. The average molecular weight is 438 g/mol. The smallest absolute Gasteiger partial charge is 0.340 e. The van der Waals surface area contributed by atoms with E-state index in [1.807, 2.05) is 44.2 Å². The molecule has 3 rings (SSSR count). The second-order valence-electron chi connectivity index (χ2n) is 6.48. The van der Waals surface area contributed by atoms with Crippen LogP contribution >= 0.6 is 15.9 Å². The third-order valence-corrected chi connectivity index (χ3v) is 5.00. The van der Waals surface area contributed by atoms with Crippen molar-refractivity contribution in [2.24, 2.45) is 0 Å². The van der Waals surface area contributed by atoms with Crippen LogP contribution in [0, 0.1) is 13.8 Å². The summed E-state index contributed by atoms with van der Waals surface area (Å²) in [5, 5.41) is 2.89. The molecule has 28 heavy (non-hydrogen) atoms. The lowest BCUT2D eigenvalue weighted by Crippen LogP contribution is -2.26. The van der Waals surface area contributed by atoms with E-state index in [0.717, 1.165) is 11.1 Å². The molecule has 0 aliphatic rings. The molecule has 0 heterocycles. The van der Waals surface area contributed by atoms with Crippen LogP contribution in [0.2, 0.25) is 0 Å². The molecule has 142 valence electrons. The number of carbonyl (C=O) groups is 2. The normalized spacial score (nSPS) is 11.5. The molecular formula is C23H20BrNO3. The van der Waals surface area contributed by atoms with Crippen LogP contribution in [0.4, 0.5) is 5.69 Å². The van der Waals surface area contributed by atoms with Crippen LogP contribution in [0.1, 0.15) is 33.2 Å². The van der Waals surface area contributed by atoms with Crippen molar-refractivity contribution in [2.75, 3.05) is 5.32 Å². The van der Waals surface area contributed by atoms with Crippen molar-refractivity contribution in [2.45, 2.75) is 20.0 Å². The van der Waals surface area contributed by atoms with Gasteiger partial charge in [0, 0.05) is 15.7 Å². The fourth-order valence-corrected chi connectivity index (χ4v) is 3.21. The SMILES string of the molecule is Cc1ccc(C)c(NC(=O)[C@@H](OC(=O)c2ccccc2Br)c2ccccc2)c1. The highest BCUT2D eigenvalue weighted by atomic mass is 79.9. The molecule has 1 N–H and O–H groups in total. The number of nitrogens with one attached hydrogen (secondary N) is 1. The van der Waals surface area contributed by atoms with Gasteiger partial charge in [0.15, 0.2) is 0 Å². The van der Waals surface area contributed by atoms with Gasteiger partial charge in [0.2, 0.25) is 6.10 Å². The molecule has 3 aromatic rings. The van der Waals surface area contributed by atoms with Gasteiger partial charge in [-0.25, -0.2) is 4.79 Å². The maximum absolute atomic E-state index is 13.0. The molecule has 0 fully saturated rings. The fraction of sp³-hybridized carbons (Fsp3) is 0.130. The average Bonchev–Trinajstić information content (AvgIpc) is 2.69. The van der Waals surface area contributed by atoms with Gasteiger partial charge >= 0.3 is 5.97 Å². The van der Waals surface area contributed by atoms with Gasteiger partial charge in [-0.3, -0.25) is 4.79 Å². The first-order valence-electron chi connectivity index (χ1n) is 8.84. The number of carbonyl (C=O) groups excluding carboxylic acids is 2. The highest BCUT2D eigenvalue weighted by Crippen LogP contribution is 2.25. The van der Waals surface area contributed by atoms with Crippen LogP contribution in [0.5, 0.6) is 0 Å². The Bertz CT molecular complexity index is 1000. The Balaban J connectivity index is 1.89. The van der Waals surface area contributed by atoms with E-state index < -0.39 is 18.0 Å². The standard InChI is InChI=1S/C23H20BrNO3/c1-15-12-13-16(2)20(14-15)25-22(26)21(17-8-4-3-5-9-17)28-23(27)18-10-6-7-11-19(18)24/h3-14,21H,1-2H3,(H,25,26)/t21-/m0/s1. The minimum Gasteiger partial charge on any atom is -0.444 e. The zero-order valence-electron chi connectivity index (χ0n) is 15.6. The minimum atomic E-state index is -1.07. The number of anilines is 1. The van der Waals surface area contributed by atoms with Crippen molar-refractivity contribution in [3.8, 4) is 0 Å². The first-order valence-corrected chi connectivity index (χ1v) is 9.63. The Hall–Kier alpha value is -2.92. The number of esters is 1. The number of hydrogen-bond acceptors (Lipinski definition) is 3. The van der Waals surface area contributed by atoms with E-state index in [0.29, 0.717) is 21.3 Å². The van der Waals surface area contributed by atoms with Crippen molar-refractivity contribution in [1.82, 2.24) is 0 Å². The van der Waals surface area contributed by atoms with E-state index in [-0.39, 0.29) is 0 Å². The Kier molecular flexibility index (Phi) is 6.26. The topological polar surface area (TPSA) is 55.4 Å². The number of benzene rings is 3. The van der Waals surface area contributed by atoms with Gasteiger partial charge < -0.3 is 10.1 Å². The van der Waals surface area contributed by atoms with Crippen LogP contribution in [-0.4, -0.2) is 11.9 Å².